The van der Waals surface area contributed by atoms with Crippen molar-refractivity contribution in [3.63, 3.8) is 0 Å². The third kappa shape index (κ3) is 17.6. The van der Waals surface area contributed by atoms with E-state index in [0.29, 0.717) is 13.1 Å². The summed E-state index contributed by atoms with van der Waals surface area (Å²) in [6, 6.07) is 0. The molecule has 0 aromatic rings. The van der Waals surface area contributed by atoms with Gasteiger partial charge in [0.1, 0.15) is 0 Å². The molecular formula is C5H18N4O2. The zero-order valence-electron chi connectivity index (χ0n) is 6.51. The molecule has 70 valence electrons. The summed E-state index contributed by atoms with van der Waals surface area (Å²) in [4.78, 5) is 3.78. The molecule has 0 saturated carbocycles. The molecule has 0 aliphatic carbocycles. The normalized spacial score (nSPS) is 7.36. The lowest BCUT2D eigenvalue weighted by Crippen LogP contribution is -2.23. The number of nitrogens with two attached hydrogens (primary N) is 3. The van der Waals surface area contributed by atoms with Gasteiger partial charge in [0.15, 0.2) is 5.96 Å². The van der Waals surface area contributed by atoms with Gasteiger partial charge < -0.3 is 28.2 Å². The van der Waals surface area contributed by atoms with Crippen LogP contribution in [0.2, 0.25) is 0 Å². The van der Waals surface area contributed by atoms with E-state index in [1.54, 1.807) is 0 Å². The van der Waals surface area contributed by atoms with E-state index >= 15 is 0 Å². The average molecular weight is 166 g/mol. The van der Waals surface area contributed by atoms with Gasteiger partial charge in [0.05, 0.1) is 0 Å². The Kier molecular flexibility index (Phi) is 18.0. The molecule has 0 unspecified atom stereocenters. The standard InChI is InChI=1S/C5H14N4.2H2O/c6-3-1-2-4-9-5(7)8;;/h1-4,6H2,(H4,7,8,9);2*1H2. The zero-order chi connectivity index (χ0) is 7.11. The number of unbranched alkanes of at least 4 members (excludes halogenated alkanes) is 1. The molecule has 0 aliphatic rings. The quantitative estimate of drug-likeness (QED) is 0.237. The number of rotatable bonds is 4. The van der Waals surface area contributed by atoms with E-state index in [1.165, 1.54) is 0 Å². The second-order valence-corrected chi connectivity index (χ2v) is 1.80. The highest BCUT2D eigenvalue weighted by Crippen LogP contribution is 1.84. The van der Waals surface area contributed by atoms with Crippen LogP contribution in [0.4, 0.5) is 0 Å². The first-order valence-corrected chi connectivity index (χ1v) is 3.03. The van der Waals surface area contributed by atoms with Crippen molar-refractivity contribution in [2.45, 2.75) is 12.8 Å². The third-order valence-electron chi connectivity index (χ3n) is 0.907. The molecule has 0 aromatic heterocycles. The average Bonchev–Trinajstić information content (AvgIpc) is 1.80. The Morgan fingerprint density at radius 1 is 1.09 bits per heavy atom. The Morgan fingerprint density at radius 2 is 1.64 bits per heavy atom. The minimum atomic E-state index is 0. The first kappa shape index (κ1) is 16.6. The SMILES string of the molecule is NCCCCN=C(N)N.O.O. The Balaban J connectivity index is -0.000000320. The summed E-state index contributed by atoms with van der Waals surface area (Å²) >= 11 is 0. The molecule has 0 amide bonds. The summed E-state index contributed by atoms with van der Waals surface area (Å²) in [6.45, 7) is 1.40. The first-order valence-electron chi connectivity index (χ1n) is 3.03. The Labute approximate surface area is 66.1 Å². The summed E-state index contributed by atoms with van der Waals surface area (Å²) in [6.07, 6.45) is 1.95. The summed E-state index contributed by atoms with van der Waals surface area (Å²) in [7, 11) is 0. The monoisotopic (exact) mass is 166 g/mol. The molecule has 10 N–H and O–H groups in total. The second kappa shape index (κ2) is 11.9. The van der Waals surface area contributed by atoms with Crippen LogP contribution in [0.3, 0.4) is 0 Å². The lowest BCUT2D eigenvalue weighted by molar-refractivity contribution is 0.755. The maximum atomic E-state index is 5.23. The first-order chi connectivity index (χ1) is 4.27. The van der Waals surface area contributed by atoms with Crippen LogP contribution in [0.15, 0.2) is 4.99 Å². The van der Waals surface area contributed by atoms with Gasteiger partial charge in [-0.05, 0) is 19.4 Å². The van der Waals surface area contributed by atoms with E-state index in [9.17, 15) is 0 Å². The van der Waals surface area contributed by atoms with Crippen molar-refractivity contribution in [2.75, 3.05) is 13.1 Å². The maximum Gasteiger partial charge on any atom is 0.185 e. The predicted octanol–water partition coefficient (Wildman–Crippen LogP) is -2.65. The lowest BCUT2D eigenvalue weighted by Gasteiger charge is -1.92. The number of nitrogens with zero attached hydrogens (tertiary/aromatic N) is 1. The molecule has 11 heavy (non-hydrogen) atoms. The van der Waals surface area contributed by atoms with E-state index in [-0.39, 0.29) is 16.9 Å². The van der Waals surface area contributed by atoms with E-state index in [0.717, 1.165) is 12.8 Å². The maximum absolute atomic E-state index is 5.23. The molecule has 0 rings (SSSR count). The van der Waals surface area contributed by atoms with Gasteiger partial charge in [-0.1, -0.05) is 0 Å². The fraction of sp³-hybridized carbons (Fsp3) is 0.800. The third-order valence-corrected chi connectivity index (χ3v) is 0.907. The Morgan fingerprint density at radius 3 is 2.00 bits per heavy atom. The predicted molar refractivity (Wildman–Crippen MR) is 46.2 cm³/mol. The fourth-order valence-electron chi connectivity index (χ4n) is 0.464. The van der Waals surface area contributed by atoms with Crippen LogP contribution in [-0.4, -0.2) is 30.0 Å². The summed E-state index contributed by atoms with van der Waals surface area (Å²) < 4.78 is 0. The molecule has 6 heteroatoms. The molecule has 0 spiro atoms. The Bertz CT molecular complexity index is 92.5. The molecule has 0 aliphatic heterocycles. The highest BCUT2D eigenvalue weighted by molar-refractivity contribution is 5.75. The smallest absolute Gasteiger partial charge is 0.185 e. The molecule has 0 bridgehead atoms. The fourth-order valence-corrected chi connectivity index (χ4v) is 0.464. The molecule has 0 atom stereocenters. The van der Waals surface area contributed by atoms with Gasteiger partial charge >= 0.3 is 0 Å². The number of hydrogen-bond donors (Lipinski definition) is 3. The molecule has 0 heterocycles. The van der Waals surface area contributed by atoms with Gasteiger partial charge in [-0.2, -0.15) is 0 Å². The second-order valence-electron chi connectivity index (χ2n) is 1.80. The Hall–Kier alpha value is -0.850. The van der Waals surface area contributed by atoms with E-state index in [2.05, 4.69) is 4.99 Å². The van der Waals surface area contributed by atoms with Gasteiger partial charge in [-0.25, -0.2) is 0 Å². The van der Waals surface area contributed by atoms with Crippen molar-refractivity contribution in [1.82, 2.24) is 0 Å². The van der Waals surface area contributed by atoms with Crippen LogP contribution >= 0.6 is 0 Å². The van der Waals surface area contributed by atoms with Crippen LogP contribution in [0.1, 0.15) is 12.8 Å². The van der Waals surface area contributed by atoms with E-state index in [4.69, 9.17) is 17.2 Å². The molecule has 0 aromatic carbocycles. The van der Waals surface area contributed by atoms with Crippen LogP contribution in [0.25, 0.3) is 0 Å². The van der Waals surface area contributed by atoms with Crippen molar-refractivity contribution < 1.29 is 11.0 Å². The van der Waals surface area contributed by atoms with Crippen molar-refractivity contribution >= 4 is 5.96 Å². The van der Waals surface area contributed by atoms with Crippen molar-refractivity contribution in [3.05, 3.63) is 0 Å². The highest BCUT2D eigenvalue weighted by atomic mass is 16.0. The highest BCUT2D eigenvalue weighted by Gasteiger charge is 1.82. The molecular weight excluding hydrogens is 148 g/mol. The molecule has 0 saturated heterocycles. The van der Waals surface area contributed by atoms with Crippen LogP contribution in [0, 0.1) is 0 Å². The van der Waals surface area contributed by atoms with E-state index < -0.39 is 0 Å². The van der Waals surface area contributed by atoms with Crippen molar-refractivity contribution in [2.24, 2.45) is 22.2 Å². The number of guanidine groups is 1. The van der Waals surface area contributed by atoms with E-state index in [1.807, 2.05) is 0 Å². The largest absolute Gasteiger partial charge is 0.412 e. The minimum absolute atomic E-state index is 0. The molecule has 0 fully saturated rings. The zero-order valence-corrected chi connectivity index (χ0v) is 6.51. The summed E-state index contributed by atoms with van der Waals surface area (Å²) in [5.74, 6) is 0.159. The van der Waals surface area contributed by atoms with Crippen LogP contribution in [0.5, 0.6) is 0 Å². The minimum Gasteiger partial charge on any atom is -0.412 e. The topological polar surface area (TPSA) is 153 Å². The van der Waals surface area contributed by atoms with Crippen LogP contribution < -0.4 is 17.2 Å². The van der Waals surface area contributed by atoms with Gasteiger partial charge in [-0.15, -0.1) is 0 Å². The van der Waals surface area contributed by atoms with Gasteiger partial charge in [0, 0.05) is 6.54 Å². The van der Waals surface area contributed by atoms with Crippen molar-refractivity contribution in [1.29, 1.82) is 0 Å². The summed E-state index contributed by atoms with van der Waals surface area (Å²) in [5, 5.41) is 0. The lowest BCUT2D eigenvalue weighted by atomic mass is 10.3. The molecule has 0 radical (unpaired) electrons. The number of aliphatic imine (C=N–C) groups is 1. The van der Waals surface area contributed by atoms with Gasteiger partial charge in [0.25, 0.3) is 0 Å². The van der Waals surface area contributed by atoms with Crippen LogP contribution in [-0.2, 0) is 0 Å². The summed E-state index contributed by atoms with van der Waals surface area (Å²) in [5.41, 5.74) is 15.4. The number of hydrogen-bond acceptors (Lipinski definition) is 2. The van der Waals surface area contributed by atoms with Gasteiger partial charge in [-0.3, -0.25) is 4.99 Å². The van der Waals surface area contributed by atoms with Gasteiger partial charge in [0.2, 0.25) is 0 Å². The van der Waals surface area contributed by atoms with Crippen molar-refractivity contribution in [3.8, 4) is 0 Å². The molecule has 6 nitrogen and oxygen atoms in total.